The van der Waals surface area contributed by atoms with E-state index in [0.29, 0.717) is 0 Å². The summed E-state index contributed by atoms with van der Waals surface area (Å²) in [5.74, 6) is 0. The number of alkyl carbamates (subject to hydrolysis) is 1. The third-order valence-electron chi connectivity index (χ3n) is 5.29. The summed E-state index contributed by atoms with van der Waals surface area (Å²) in [7, 11) is 0. The first-order valence-corrected chi connectivity index (χ1v) is 10.7. The number of pyridine rings is 1. The van der Waals surface area contributed by atoms with Gasteiger partial charge in [0.15, 0.2) is 0 Å². The van der Waals surface area contributed by atoms with Gasteiger partial charge in [0.25, 0.3) is 0 Å². The summed E-state index contributed by atoms with van der Waals surface area (Å²) in [5.41, 5.74) is 1.87. The molecule has 1 aromatic carbocycles. The molecule has 29 heavy (non-hydrogen) atoms. The Morgan fingerprint density at radius 2 is 2.00 bits per heavy atom. The zero-order valence-electron chi connectivity index (χ0n) is 16.8. The maximum atomic E-state index is 12.8. The second-order valence-corrected chi connectivity index (χ2v) is 9.55. The first-order valence-electron chi connectivity index (χ1n) is 9.89. The van der Waals surface area contributed by atoms with Crippen LogP contribution in [0.1, 0.15) is 52.5 Å². The Morgan fingerprint density at radius 3 is 2.69 bits per heavy atom. The molecule has 0 bridgehead atoms. The largest absolute Gasteiger partial charge is 0.444 e. The minimum atomic E-state index is -0.512. The van der Waals surface area contributed by atoms with Gasteiger partial charge < -0.3 is 15.0 Å². The van der Waals surface area contributed by atoms with Crippen LogP contribution in [-0.2, 0) is 4.74 Å². The number of amides is 1. The molecule has 1 amide bonds. The van der Waals surface area contributed by atoms with E-state index in [0.717, 1.165) is 52.1 Å². The Balaban J connectivity index is 1.57. The minimum absolute atomic E-state index is 0.0644. The third-order valence-corrected chi connectivity index (χ3v) is 5.78. The fourth-order valence-electron chi connectivity index (χ4n) is 4.08. The second kappa shape index (κ2) is 7.48. The Morgan fingerprint density at radius 1 is 1.28 bits per heavy atom. The molecular weight excluding hydrogens is 436 g/mol. The Labute approximate surface area is 177 Å². The van der Waals surface area contributed by atoms with Gasteiger partial charge in [-0.05, 0) is 64.7 Å². The molecule has 154 valence electrons. The molecule has 2 N–H and O–H groups in total. The number of carbonyl (C=O) groups excluding carboxylic acids is 1. The smallest absolute Gasteiger partial charge is 0.407 e. The number of imidazole rings is 1. The number of hydrogen-bond acceptors (Lipinski definition) is 4. The summed E-state index contributed by atoms with van der Waals surface area (Å²) in [6.45, 7) is 5.55. The van der Waals surface area contributed by atoms with E-state index in [2.05, 4.69) is 31.2 Å². The third kappa shape index (κ3) is 4.17. The number of H-pyrrole nitrogens is 1. The monoisotopic (exact) mass is 460 g/mol. The summed E-state index contributed by atoms with van der Waals surface area (Å²) in [4.78, 5) is 32.2. The van der Waals surface area contributed by atoms with Crippen molar-refractivity contribution in [2.75, 3.05) is 0 Å². The number of nitrogens with zero attached hydrogens (tertiary/aromatic N) is 2. The van der Waals surface area contributed by atoms with Gasteiger partial charge in [0, 0.05) is 21.9 Å². The van der Waals surface area contributed by atoms with Crippen LogP contribution in [0.25, 0.3) is 21.9 Å². The quantitative estimate of drug-likeness (QED) is 0.582. The minimum Gasteiger partial charge on any atom is -0.444 e. The lowest BCUT2D eigenvalue weighted by molar-refractivity contribution is 0.0488. The molecular formula is C21H25BrN4O3. The van der Waals surface area contributed by atoms with Gasteiger partial charge in [0.2, 0.25) is 0 Å². The molecule has 1 saturated carbocycles. The van der Waals surface area contributed by atoms with Crippen LogP contribution >= 0.6 is 15.9 Å². The number of fused-ring (bicyclic) bond motifs is 3. The van der Waals surface area contributed by atoms with Crippen LogP contribution in [0.4, 0.5) is 4.79 Å². The van der Waals surface area contributed by atoms with Gasteiger partial charge in [0.1, 0.15) is 5.60 Å². The number of nitrogens with one attached hydrogen (secondary N) is 2. The molecule has 0 aliphatic heterocycles. The Hall–Kier alpha value is -2.35. The normalized spacial score (nSPS) is 20.1. The van der Waals surface area contributed by atoms with E-state index in [-0.39, 0.29) is 23.9 Å². The zero-order valence-corrected chi connectivity index (χ0v) is 18.4. The van der Waals surface area contributed by atoms with Crippen LogP contribution in [0.15, 0.2) is 33.7 Å². The van der Waals surface area contributed by atoms with Crippen molar-refractivity contribution in [3.63, 3.8) is 0 Å². The highest BCUT2D eigenvalue weighted by Gasteiger charge is 2.28. The SMILES string of the molecule is CC(C)(C)OC(=O)N[C@H]1CC[C@@H](n2c(=O)[nH]c3cnc4ccc(Br)cc4c32)CC1. The average Bonchev–Trinajstić information content (AvgIpc) is 2.97. The zero-order chi connectivity index (χ0) is 20.8. The second-order valence-electron chi connectivity index (χ2n) is 8.63. The van der Waals surface area contributed by atoms with Crippen molar-refractivity contribution in [2.24, 2.45) is 0 Å². The average molecular weight is 461 g/mol. The molecule has 2 heterocycles. The van der Waals surface area contributed by atoms with Crippen molar-refractivity contribution < 1.29 is 9.53 Å². The van der Waals surface area contributed by atoms with Crippen LogP contribution < -0.4 is 11.0 Å². The molecule has 4 rings (SSSR count). The Bertz CT molecular complexity index is 1120. The number of rotatable bonds is 2. The standard InChI is InChI=1S/C21H25BrN4O3/c1-21(2,3)29-20(28)24-13-5-7-14(8-6-13)26-18-15-10-12(22)4-9-16(15)23-11-17(18)25-19(26)27/h4,9-11,13-14H,5-8H2,1-3H3,(H,24,28)(H,25,27)/t13-,14+. The Kier molecular flexibility index (Phi) is 5.14. The summed E-state index contributed by atoms with van der Waals surface area (Å²) in [6.07, 6.45) is 4.56. The van der Waals surface area contributed by atoms with Gasteiger partial charge in [-0.3, -0.25) is 9.55 Å². The molecule has 1 fully saturated rings. The number of aromatic amines is 1. The molecule has 1 aliphatic carbocycles. The van der Waals surface area contributed by atoms with E-state index in [1.54, 1.807) is 6.20 Å². The van der Waals surface area contributed by atoms with Crippen molar-refractivity contribution in [3.8, 4) is 0 Å². The number of aromatic nitrogens is 3. The number of hydrogen-bond donors (Lipinski definition) is 2. The summed E-state index contributed by atoms with van der Waals surface area (Å²) in [6, 6.07) is 6.04. The molecule has 3 aromatic rings. The van der Waals surface area contributed by atoms with Gasteiger partial charge in [-0.1, -0.05) is 15.9 Å². The molecule has 0 radical (unpaired) electrons. The van der Waals surface area contributed by atoms with Crippen molar-refractivity contribution >= 4 is 44.0 Å². The molecule has 7 nitrogen and oxygen atoms in total. The highest BCUT2D eigenvalue weighted by Crippen LogP contribution is 2.33. The van der Waals surface area contributed by atoms with E-state index >= 15 is 0 Å². The van der Waals surface area contributed by atoms with E-state index < -0.39 is 5.60 Å². The van der Waals surface area contributed by atoms with Crippen molar-refractivity contribution in [3.05, 3.63) is 39.4 Å². The van der Waals surface area contributed by atoms with E-state index in [9.17, 15) is 9.59 Å². The van der Waals surface area contributed by atoms with Crippen LogP contribution in [0, 0.1) is 0 Å². The fourth-order valence-corrected chi connectivity index (χ4v) is 4.44. The number of ether oxygens (including phenoxy) is 1. The van der Waals surface area contributed by atoms with E-state index in [4.69, 9.17) is 4.74 Å². The summed E-state index contributed by atoms with van der Waals surface area (Å²) in [5, 5.41) is 3.91. The predicted octanol–water partition coefficient (Wildman–Crippen LogP) is 4.65. The predicted molar refractivity (Wildman–Crippen MR) is 116 cm³/mol. The lowest BCUT2D eigenvalue weighted by Gasteiger charge is -2.30. The first-order chi connectivity index (χ1) is 13.7. The van der Waals surface area contributed by atoms with Crippen molar-refractivity contribution in [2.45, 2.75) is 64.1 Å². The first kappa shape index (κ1) is 19.9. The highest BCUT2D eigenvalue weighted by molar-refractivity contribution is 9.10. The van der Waals surface area contributed by atoms with Crippen LogP contribution in [0.3, 0.4) is 0 Å². The van der Waals surface area contributed by atoms with Gasteiger partial charge in [-0.15, -0.1) is 0 Å². The van der Waals surface area contributed by atoms with Crippen LogP contribution in [-0.4, -0.2) is 32.3 Å². The van der Waals surface area contributed by atoms with E-state index in [1.807, 2.05) is 43.5 Å². The molecule has 0 atom stereocenters. The summed E-state index contributed by atoms with van der Waals surface area (Å²) < 4.78 is 8.17. The fraction of sp³-hybridized carbons (Fsp3) is 0.476. The summed E-state index contributed by atoms with van der Waals surface area (Å²) >= 11 is 3.52. The van der Waals surface area contributed by atoms with Gasteiger partial charge in [0.05, 0.1) is 22.7 Å². The van der Waals surface area contributed by atoms with Crippen molar-refractivity contribution in [1.29, 1.82) is 0 Å². The van der Waals surface area contributed by atoms with Crippen LogP contribution in [0.5, 0.6) is 0 Å². The van der Waals surface area contributed by atoms with Gasteiger partial charge >= 0.3 is 11.8 Å². The molecule has 0 unspecified atom stereocenters. The number of halogens is 1. The van der Waals surface area contributed by atoms with Gasteiger partial charge in [-0.25, -0.2) is 9.59 Å². The van der Waals surface area contributed by atoms with E-state index in [1.165, 1.54) is 0 Å². The molecule has 2 aromatic heterocycles. The lowest BCUT2D eigenvalue weighted by Crippen LogP contribution is -2.41. The van der Waals surface area contributed by atoms with Gasteiger partial charge in [-0.2, -0.15) is 0 Å². The maximum Gasteiger partial charge on any atom is 0.407 e. The molecule has 8 heteroatoms. The van der Waals surface area contributed by atoms with Crippen LogP contribution in [0.2, 0.25) is 0 Å². The maximum absolute atomic E-state index is 12.8. The molecule has 1 aliphatic rings. The number of benzene rings is 1. The van der Waals surface area contributed by atoms with Crippen molar-refractivity contribution in [1.82, 2.24) is 19.9 Å². The topological polar surface area (TPSA) is 89.0 Å². The molecule has 0 saturated heterocycles. The number of carbonyl (C=O) groups is 1. The lowest BCUT2D eigenvalue weighted by atomic mass is 9.91. The highest BCUT2D eigenvalue weighted by atomic mass is 79.9. The molecule has 0 spiro atoms.